The van der Waals surface area contributed by atoms with Crippen molar-refractivity contribution in [3.05, 3.63) is 22.7 Å². The largest absolute Gasteiger partial charge is 0.459 e. The second-order valence-electron chi connectivity index (χ2n) is 9.72. The van der Waals surface area contributed by atoms with E-state index in [0.29, 0.717) is 32.4 Å². The van der Waals surface area contributed by atoms with Gasteiger partial charge in [-0.25, -0.2) is 4.79 Å². The van der Waals surface area contributed by atoms with Gasteiger partial charge in [0, 0.05) is 51.0 Å². The highest BCUT2D eigenvalue weighted by Gasteiger charge is 2.38. The molecular weight excluding hydrogens is 482 g/mol. The number of hydrogen-bond acceptors (Lipinski definition) is 8. The Morgan fingerprint density at radius 2 is 1.89 bits per heavy atom. The zero-order chi connectivity index (χ0) is 27.1. The second kappa shape index (κ2) is 12.8. The summed E-state index contributed by atoms with van der Waals surface area (Å²) in [5.41, 5.74) is -0.584. The molecule has 0 bridgehead atoms. The van der Waals surface area contributed by atoms with Crippen molar-refractivity contribution in [2.75, 3.05) is 25.5 Å². The summed E-state index contributed by atoms with van der Waals surface area (Å²) >= 11 is 0. The van der Waals surface area contributed by atoms with E-state index in [1.165, 1.54) is 16.8 Å². The molecule has 2 fully saturated rings. The Kier molecular flexibility index (Phi) is 9.79. The molecule has 2 saturated heterocycles. The second-order valence-corrected chi connectivity index (χ2v) is 9.72. The highest BCUT2D eigenvalue weighted by molar-refractivity contribution is 5.91. The van der Waals surface area contributed by atoms with Crippen molar-refractivity contribution < 1.29 is 28.7 Å². The first-order valence-corrected chi connectivity index (χ1v) is 12.9. The Balaban J connectivity index is 1.50. The van der Waals surface area contributed by atoms with Crippen molar-refractivity contribution in [3.8, 4) is 0 Å². The van der Waals surface area contributed by atoms with Gasteiger partial charge in [0.15, 0.2) is 0 Å². The zero-order valence-corrected chi connectivity index (χ0v) is 21.9. The van der Waals surface area contributed by atoms with E-state index in [-0.39, 0.29) is 54.6 Å². The van der Waals surface area contributed by atoms with Crippen molar-refractivity contribution in [1.29, 1.82) is 0 Å². The molecule has 0 aromatic carbocycles. The standard InChI is InChI=1S/C25H37N5O7/c1-5-17-18(14-21(36-17)30-13-10-19(28-25(30)35)27-23(33)15(2)3)37-22(32)7-6-20(31)29-11-8-16(9-12-29)24(34)26-4/h10,13,15-18,21H,5-9,11-12,14H2,1-4H3,(H,26,34)(H,27,28,33,35)/t17-,18-,21-/m1/s1. The minimum Gasteiger partial charge on any atom is -0.459 e. The Bertz CT molecular complexity index is 1050. The summed E-state index contributed by atoms with van der Waals surface area (Å²) in [5, 5.41) is 5.23. The van der Waals surface area contributed by atoms with E-state index >= 15 is 0 Å². The van der Waals surface area contributed by atoms with Crippen molar-refractivity contribution in [3.63, 3.8) is 0 Å². The Hall–Kier alpha value is -3.28. The Morgan fingerprint density at radius 1 is 1.19 bits per heavy atom. The fraction of sp³-hybridized carbons (Fsp3) is 0.680. The molecule has 2 N–H and O–H groups in total. The molecule has 0 unspecified atom stereocenters. The van der Waals surface area contributed by atoms with Gasteiger partial charge in [0.25, 0.3) is 0 Å². The first kappa shape index (κ1) is 28.3. The number of nitrogens with one attached hydrogen (secondary N) is 2. The van der Waals surface area contributed by atoms with Gasteiger partial charge in [0.05, 0.1) is 12.5 Å². The maximum atomic E-state index is 12.6. The number of amides is 3. The van der Waals surface area contributed by atoms with Crippen molar-refractivity contribution in [2.45, 2.75) is 77.7 Å². The van der Waals surface area contributed by atoms with Crippen LogP contribution < -0.4 is 16.3 Å². The summed E-state index contributed by atoms with van der Waals surface area (Å²) in [6.45, 7) is 6.35. The summed E-state index contributed by atoms with van der Waals surface area (Å²) in [7, 11) is 1.60. The lowest BCUT2D eigenvalue weighted by Crippen LogP contribution is -2.42. The highest BCUT2D eigenvalue weighted by atomic mass is 16.6. The first-order valence-electron chi connectivity index (χ1n) is 12.9. The third-order valence-corrected chi connectivity index (χ3v) is 6.79. The fourth-order valence-corrected chi connectivity index (χ4v) is 4.52. The van der Waals surface area contributed by atoms with Crippen molar-refractivity contribution >= 4 is 29.5 Å². The smallest absolute Gasteiger partial charge is 0.351 e. The van der Waals surface area contributed by atoms with Crippen molar-refractivity contribution in [1.82, 2.24) is 19.8 Å². The summed E-state index contributed by atoms with van der Waals surface area (Å²) in [6, 6.07) is 1.52. The third-order valence-electron chi connectivity index (χ3n) is 6.79. The van der Waals surface area contributed by atoms with Crippen LogP contribution in [0.1, 0.15) is 65.5 Å². The van der Waals surface area contributed by atoms with Gasteiger partial charge in [-0.1, -0.05) is 20.8 Å². The van der Waals surface area contributed by atoms with E-state index in [1.807, 2.05) is 6.92 Å². The van der Waals surface area contributed by atoms with Crippen LogP contribution in [-0.2, 0) is 28.7 Å². The lowest BCUT2D eigenvalue weighted by molar-refractivity contribution is -0.153. The molecule has 0 saturated carbocycles. The lowest BCUT2D eigenvalue weighted by Gasteiger charge is -2.31. The molecule has 12 heteroatoms. The average Bonchev–Trinajstić information content (AvgIpc) is 3.29. The third kappa shape index (κ3) is 7.37. The van der Waals surface area contributed by atoms with E-state index in [0.717, 1.165) is 0 Å². The molecule has 2 aliphatic rings. The summed E-state index contributed by atoms with van der Waals surface area (Å²) in [6.07, 6.45) is 1.89. The van der Waals surface area contributed by atoms with E-state index < -0.39 is 30.1 Å². The van der Waals surface area contributed by atoms with Gasteiger partial charge in [-0.3, -0.25) is 23.7 Å². The molecule has 1 aromatic heterocycles. The molecule has 37 heavy (non-hydrogen) atoms. The number of likely N-dealkylation sites (tertiary alicyclic amines) is 1. The number of nitrogens with zero attached hydrogens (tertiary/aromatic N) is 3. The van der Waals surface area contributed by atoms with Crippen LogP contribution in [0, 0.1) is 11.8 Å². The average molecular weight is 520 g/mol. The quantitative estimate of drug-likeness (QED) is 0.463. The van der Waals surface area contributed by atoms with Crippen LogP contribution in [0.25, 0.3) is 0 Å². The van der Waals surface area contributed by atoms with Gasteiger partial charge in [-0.15, -0.1) is 0 Å². The number of ether oxygens (including phenoxy) is 2. The molecular formula is C25H37N5O7. The number of carbonyl (C=O) groups is 4. The Labute approximate surface area is 216 Å². The monoisotopic (exact) mass is 519 g/mol. The number of carbonyl (C=O) groups excluding carboxylic acids is 4. The summed E-state index contributed by atoms with van der Waals surface area (Å²) in [5.74, 6) is -1.06. The van der Waals surface area contributed by atoms with E-state index in [9.17, 15) is 24.0 Å². The van der Waals surface area contributed by atoms with Crippen LogP contribution >= 0.6 is 0 Å². The predicted molar refractivity (Wildman–Crippen MR) is 133 cm³/mol. The summed E-state index contributed by atoms with van der Waals surface area (Å²) in [4.78, 5) is 66.8. The van der Waals surface area contributed by atoms with Gasteiger partial charge < -0.3 is 25.0 Å². The Morgan fingerprint density at radius 3 is 2.49 bits per heavy atom. The summed E-state index contributed by atoms with van der Waals surface area (Å²) < 4.78 is 12.9. The highest BCUT2D eigenvalue weighted by Crippen LogP contribution is 2.32. The molecule has 12 nitrogen and oxygen atoms in total. The van der Waals surface area contributed by atoms with Crippen LogP contribution in [0.4, 0.5) is 5.82 Å². The molecule has 0 radical (unpaired) electrons. The maximum Gasteiger partial charge on any atom is 0.351 e. The van der Waals surface area contributed by atoms with E-state index in [1.54, 1.807) is 25.8 Å². The molecule has 204 valence electrons. The van der Waals surface area contributed by atoms with E-state index in [2.05, 4.69) is 15.6 Å². The maximum absolute atomic E-state index is 12.6. The van der Waals surface area contributed by atoms with Gasteiger partial charge in [0.1, 0.15) is 18.1 Å². The first-order chi connectivity index (χ1) is 17.6. The minimum atomic E-state index is -0.666. The normalized spacial score (nSPS) is 22.1. The van der Waals surface area contributed by atoms with Crippen LogP contribution in [0.15, 0.2) is 17.1 Å². The van der Waals surface area contributed by atoms with Gasteiger partial charge in [-0.2, -0.15) is 4.98 Å². The number of rotatable bonds is 9. The van der Waals surface area contributed by atoms with E-state index in [4.69, 9.17) is 9.47 Å². The predicted octanol–water partition coefficient (Wildman–Crippen LogP) is 1.21. The van der Waals surface area contributed by atoms with Crippen LogP contribution in [0.3, 0.4) is 0 Å². The number of hydrogen-bond donors (Lipinski definition) is 2. The SMILES string of the molecule is CC[C@H]1O[C@@H](n2ccc(NC(=O)C(C)C)nc2=O)C[C@H]1OC(=O)CCC(=O)N1CCC(C(=O)NC)CC1. The lowest BCUT2D eigenvalue weighted by atomic mass is 9.96. The number of aromatic nitrogens is 2. The number of anilines is 1. The van der Waals surface area contributed by atoms with Gasteiger partial charge in [-0.05, 0) is 25.3 Å². The van der Waals surface area contributed by atoms with Crippen LogP contribution in [0.5, 0.6) is 0 Å². The minimum absolute atomic E-state index is 0.00914. The molecule has 0 spiro atoms. The van der Waals surface area contributed by atoms with Crippen molar-refractivity contribution in [2.24, 2.45) is 11.8 Å². The zero-order valence-electron chi connectivity index (χ0n) is 21.9. The molecule has 3 amide bonds. The molecule has 3 atom stereocenters. The molecule has 0 aliphatic carbocycles. The fourth-order valence-electron chi connectivity index (χ4n) is 4.52. The van der Waals surface area contributed by atoms with Gasteiger partial charge >= 0.3 is 11.7 Å². The molecule has 3 heterocycles. The van der Waals surface area contributed by atoms with Crippen LogP contribution in [0.2, 0.25) is 0 Å². The molecule has 2 aliphatic heterocycles. The molecule has 3 rings (SSSR count). The number of esters is 1. The number of piperidine rings is 1. The van der Waals surface area contributed by atoms with Crippen LogP contribution in [-0.4, -0.2) is 70.5 Å². The molecule has 1 aromatic rings. The van der Waals surface area contributed by atoms with Gasteiger partial charge in [0.2, 0.25) is 17.7 Å². The topological polar surface area (TPSA) is 149 Å².